The molecule has 2 N–H and O–H groups in total. The summed E-state index contributed by atoms with van der Waals surface area (Å²) in [6.07, 6.45) is 3.13. The molecule has 8 nitrogen and oxygen atoms in total. The number of anilines is 2. The van der Waals surface area contributed by atoms with Crippen molar-refractivity contribution in [1.29, 1.82) is 0 Å². The average molecular weight is 345 g/mol. The van der Waals surface area contributed by atoms with Crippen molar-refractivity contribution < 1.29 is 9.18 Å². The molecule has 2 aromatic rings. The largest absolute Gasteiger partial charge is 0.354 e. The summed E-state index contributed by atoms with van der Waals surface area (Å²) in [5.74, 6) is 0.550. The lowest BCUT2D eigenvalue weighted by molar-refractivity contribution is 0.0952. The summed E-state index contributed by atoms with van der Waals surface area (Å²) >= 11 is 0. The molecule has 0 saturated carbocycles. The number of nitrogens with zero attached hydrogens (tertiary/aromatic N) is 5. The lowest BCUT2D eigenvalue weighted by atomic mass is 10.2. The number of aryl methyl sites for hydroxylation is 1. The van der Waals surface area contributed by atoms with Crippen LogP contribution in [0.4, 0.5) is 16.2 Å². The van der Waals surface area contributed by atoms with Crippen LogP contribution in [0.5, 0.6) is 0 Å². The van der Waals surface area contributed by atoms with Gasteiger partial charge in [-0.2, -0.15) is 0 Å². The number of amides is 1. The highest BCUT2D eigenvalue weighted by Gasteiger charge is 2.27. The molecular weight excluding hydrogens is 325 g/mol. The van der Waals surface area contributed by atoms with E-state index in [9.17, 15) is 9.18 Å². The first-order chi connectivity index (χ1) is 12.0. The van der Waals surface area contributed by atoms with Crippen LogP contribution < -0.4 is 15.5 Å². The Morgan fingerprint density at radius 1 is 1.28 bits per heavy atom. The Morgan fingerprint density at radius 2 is 2.00 bits per heavy atom. The fourth-order valence-electron chi connectivity index (χ4n) is 2.77. The number of rotatable bonds is 4. The van der Waals surface area contributed by atoms with E-state index in [0.717, 1.165) is 42.4 Å². The number of aromatic nitrogens is 4. The fourth-order valence-corrected chi connectivity index (χ4v) is 2.77. The zero-order valence-electron chi connectivity index (χ0n) is 14.4. The average Bonchev–Trinajstić information content (AvgIpc) is 3.06. The minimum absolute atomic E-state index is 0.114. The number of carbonyl (C=O) groups excluding carboxylic acids is 1. The molecule has 1 atom stereocenters. The van der Waals surface area contributed by atoms with Crippen molar-refractivity contribution in [2.45, 2.75) is 26.3 Å². The van der Waals surface area contributed by atoms with E-state index in [4.69, 9.17) is 0 Å². The third-order valence-corrected chi connectivity index (χ3v) is 4.24. The van der Waals surface area contributed by atoms with Gasteiger partial charge in [0.25, 0.3) is 5.91 Å². The van der Waals surface area contributed by atoms with Crippen molar-refractivity contribution in [1.82, 2.24) is 25.3 Å². The minimum atomic E-state index is -0.465. The summed E-state index contributed by atoms with van der Waals surface area (Å²) in [5, 5.41) is 5.75. The van der Waals surface area contributed by atoms with Crippen LogP contribution in [0.1, 0.15) is 28.3 Å². The van der Waals surface area contributed by atoms with Gasteiger partial charge in [0.15, 0.2) is 5.82 Å². The van der Waals surface area contributed by atoms with E-state index in [-0.39, 0.29) is 17.8 Å². The fraction of sp³-hybridized carbons (Fsp3) is 0.438. The Hall–Kier alpha value is -2.84. The Kier molecular flexibility index (Phi) is 4.73. The van der Waals surface area contributed by atoms with Crippen molar-refractivity contribution >= 4 is 17.7 Å². The standard InChI is InChI=1S/C16H20FN7O/c1-9-10(2)21-13(15(25)18-3)23-14(9)24-5-4-12(8-24)22-16-19-6-11(17)7-20-16/h6-7,12H,4-5,8H2,1-3H3,(H,18,25)(H,19,20,22)/t12-/m1/s1. The molecule has 3 rings (SSSR count). The number of halogens is 1. The van der Waals surface area contributed by atoms with Gasteiger partial charge < -0.3 is 15.5 Å². The summed E-state index contributed by atoms with van der Waals surface area (Å²) in [5.41, 5.74) is 1.73. The highest BCUT2D eigenvalue weighted by atomic mass is 19.1. The zero-order valence-corrected chi connectivity index (χ0v) is 14.4. The van der Waals surface area contributed by atoms with Crippen molar-refractivity contribution in [3.05, 3.63) is 35.3 Å². The molecule has 1 saturated heterocycles. The summed E-state index contributed by atoms with van der Waals surface area (Å²) in [4.78, 5) is 30.5. The number of hydrogen-bond donors (Lipinski definition) is 2. The van der Waals surface area contributed by atoms with E-state index in [1.807, 2.05) is 13.8 Å². The van der Waals surface area contributed by atoms with Gasteiger partial charge in [0, 0.05) is 37.4 Å². The van der Waals surface area contributed by atoms with Gasteiger partial charge in [-0.1, -0.05) is 0 Å². The van der Waals surface area contributed by atoms with E-state index in [1.165, 1.54) is 0 Å². The molecule has 9 heteroatoms. The van der Waals surface area contributed by atoms with Gasteiger partial charge in [0.05, 0.1) is 12.4 Å². The summed E-state index contributed by atoms with van der Waals surface area (Å²) in [6, 6.07) is 0.114. The van der Waals surface area contributed by atoms with E-state index in [1.54, 1.807) is 7.05 Å². The molecule has 1 fully saturated rings. The van der Waals surface area contributed by atoms with Crippen LogP contribution in [0.3, 0.4) is 0 Å². The maximum atomic E-state index is 12.9. The van der Waals surface area contributed by atoms with Crippen LogP contribution in [-0.2, 0) is 0 Å². The van der Waals surface area contributed by atoms with Crippen molar-refractivity contribution in [3.8, 4) is 0 Å². The van der Waals surface area contributed by atoms with Gasteiger partial charge in [-0.15, -0.1) is 0 Å². The minimum Gasteiger partial charge on any atom is -0.354 e. The van der Waals surface area contributed by atoms with Gasteiger partial charge in [-0.05, 0) is 20.3 Å². The molecule has 0 aromatic carbocycles. The second-order valence-corrected chi connectivity index (χ2v) is 5.96. The number of hydrogen-bond acceptors (Lipinski definition) is 7. The van der Waals surface area contributed by atoms with E-state index < -0.39 is 5.82 Å². The summed E-state index contributed by atoms with van der Waals surface area (Å²) in [6.45, 7) is 5.28. The third kappa shape index (κ3) is 3.65. The van der Waals surface area contributed by atoms with Crippen LogP contribution in [0.2, 0.25) is 0 Å². The normalized spacial score (nSPS) is 16.8. The van der Waals surface area contributed by atoms with Crippen LogP contribution in [0.25, 0.3) is 0 Å². The van der Waals surface area contributed by atoms with Crippen molar-refractivity contribution in [2.75, 3.05) is 30.4 Å². The molecule has 2 aromatic heterocycles. The molecule has 0 spiro atoms. The van der Waals surface area contributed by atoms with Crippen LogP contribution in [-0.4, -0.2) is 52.0 Å². The molecule has 1 aliphatic rings. The maximum absolute atomic E-state index is 12.9. The van der Waals surface area contributed by atoms with Crippen LogP contribution >= 0.6 is 0 Å². The third-order valence-electron chi connectivity index (χ3n) is 4.24. The van der Waals surface area contributed by atoms with Gasteiger partial charge >= 0.3 is 0 Å². The highest BCUT2D eigenvalue weighted by Crippen LogP contribution is 2.24. The lowest BCUT2D eigenvalue weighted by Crippen LogP contribution is -2.29. The second kappa shape index (κ2) is 6.96. The first-order valence-electron chi connectivity index (χ1n) is 8.04. The van der Waals surface area contributed by atoms with Gasteiger partial charge in [-0.3, -0.25) is 4.79 Å². The summed E-state index contributed by atoms with van der Waals surface area (Å²) in [7, 11) is 1.55. The van der Waals surface area contributed by atoms with Crippen molar-refractivity contribution in [2.24, 2.45) is 0 Å². The maximum Gasteiger partial charge on any atom is 0.288 e. The molecular formula is C16H20FN7O. The smallest absolute Gasteiger partial charge is 0.288 e. The molecule has 0 bridgehead atoms. The Labute approximate surface area is 144 Å². The molecule has 132 valence electrons. The lowest BCUT2D eigenvalue weighted by Gasteiger charge is -2.21. The predicted octanol–water partition coefficient (Wildman–Crippen LogP) is 1.07. The Balaban J connectivity index is 1.76. The molecule has 0 radical (unpaired) electrons. The molecule has 1 aliphatic heterocycles. The first kappa shape index (κ1) is 17.0. The molecule has 0 aliphatic carbocycles. The topological polar surface area (TPSA) is 95.9 Å². The monoisotopic (exact) mass is 345 g/mol. The Bertz CT molecular complexity index is 781. The van der Waals surface area contributed by atoms with Gasteiger partial charge in [0.1, 0.15) is 5.82 Å². The first-order valence-corrected chi connectivity index (χ1v) is 8.04. The SMILES string of the molecule is CNC(=O)c1nc(C)c(C)c(N2CC[C@@H](Nc3ncc(F)cn3)C2)n1. The van der Waals surface area contributed by atoms with Crippen molar-refractivity contribution in [3.63, 3.8) is 0 Å². The second-order valence-electron chi connectivity index (χ2n) is 5.96. The molecule has 25 heavy (non-hydrogen) atoms. The molecule has 0 unspecified atom stereocenters. The van der Waals surface area contributed by atoms with Crippen LogP contribution in [0, 0.1) is 19.7 Å². The van der Waals surface area contributed by atoms with Gasteiger partial charge in [0.2, 0.25) is 11.8 Å². The van der Waals surface area contributed by atoms with E-state index in [2.05, 4.69) is 35.5 Å². The van der Waals surface area contributed by atoms with Gasteiger partial charge in [-0.25, -0.2) is 24.3 Å². The molecule has 1 amide bonds. The van der Waals surface area contributed by atoms with E-state index >= 15 is 0 Å². The quantitative estimate of drug-likeness (QED) is 0.856. The van der Waals surface area contributed by atoms with Crippen LogP contribution in [0.15, 0.2) is 12.4 Å². The zero-order chi connectivity index (χ0) is 18.0. The predicted molar refractivity (Wildman–Crippen MR) is 91.1 cm³/mol. The van der Waals surface area contributed by atoms with E-state index in [0.29, 0.717) is 12.5 Å². The summed E-state index contributed by atoms with van der Waals surface area (Å²) < 4.78 is 12.9. The highest BCUT2D eigenvalue weighted by molar-refractivity contribution is 5.90. The Morgan fingerprint density at radius 3 is 2.68 bits per heavy atom. The number of nitrogens with one attached hydrogen (secondary N) is 2. The number of carbonyl (C=O) groups is 1. The molecule has 3 heterocycles.